The zero-order chi connectivity index (χ0) is 14.0. The molecule has 0 atom stereocenters. The Bertz CT molecular complexity index is 608. The van der Waals surface area contributed by atoms with Crippen molar-refractivity contribution in [1.29, 1.82) is 0 Å². The van der Waals surface area contributed by atoms with Gasteiger partial charge in [0.1, 0.15) is 4.88 Å². The summed E-state index contributed by atoms with van der Waals surface area (Å²) in [4.78, 5) is 25.5. The Labute approximate surface area is 118 Å². The minimum absolute atomic E-state index is 0.174. The van der Waals surface area contributed by atoms with Gasteiger partial charge in [0, 0.05) is 9.75 Å². The van der Waals surface area contributed by atoms with Crippen molar-refractivity contribution in [3.63, 3.8) is 0 Å². The zero-order valence-electron chi connectivity index (χ0n) is 10.5. The average molecular weight is 295 g/mol. The SMILES string of the molecule is Cc1cc(CNC(=O)c2ccc(C(=O)O)s2)sc1C. The van der Waals surface area contributed by atoms with Gasteiger partial charge in [-0.25, -0.2) is 4.79 Å². The van der Waals surface area contributed by atoms with Gasteiger partial charge in [-0.15, -0.1) is 22.7 Å². The summed E-state index contributed by atoms with van der Waals surface area (Å²) in [5, 5.41) is 11.6. The summed E-state index contributed by atoms with van der Waals surface area (Å²) in [6.45, 7) is 4.55. The average Bonchev–Trinajstić information content (AvgIpc) is 2.95. The third kappa shape index (κ3) is 3.21. The van der Waals surface area contributed by atoms with Crippen molar-refractivity contribution in [3.8, 4) is 0 Å². The molecule has 6 heteroatoms. The summed E-state index contributed by atoms with van der Waals surface area (Å²) in [5.41, 5.74) is 1.22. The number of nitrogens with one attached hydrogen (secondary N) is 1. The Kier molecular flexibility index (Phi) is 4.01. The third-order valence-corrected chi connectivity index (χ3v) is 4.91. The van der Waals surface area contributed by atoms with E-state index in [9.17, 15) is 9.59 Å². The monoisotopic (exact) mass is 295 g/mol. The molecule has 2 N–H and O–H groups in total. The zero-order valence-corrected chi connectivity index (χ0v) is 12.2. The predicted octanol–water partition coefficient (Wildman–Crippen LogP) is 3.05. The number of carbonyl (C=O) groups is 2. The summed E-state index contributed by atoms with van der Waals surface area (Å²) in [6.07, 6.45) is 0. The number of thiophene rings is 2. The fourth-order valence-electron chi connectivity index (χ4n) is 1.57. The van der Waals surface area contributed by atoms with Crippen LogP contribution in [0.15, 0.2) is 18.2 Å². The van der Waals surface area contributed by atoms with E-state index in [4.69, 9.17) is 5.11 Å². The molecule has 0 radical (unpaired) electrons. The molecule has 19 heavy (non-hydrogen) atoms. The first kappa shape index (κ1) is 13.8. The van der Waals surface area contributed by atoms with Gasteiger partial charge >= 0.3 is 5.97 Å². The van der Waals surface area contributed by atoms with Crippen LogP contribution in [0, 0.1) is 13.8 Å². The Hall–Kier alpha value is -1.66. The van der Waals surface area contributed by atoms with Gasteiger partial charge in [-0.05, 0) is 37.6 Å². The van der Waals surface area contributed by atoms with E-state index in [2.05, 4.69) is 11.4 Å². The molecule has 1 amide bonds. The molecular formula is C13H13NO3S2. The van der Waals surface area contributed by atoms with Crippen LogP contribution in [0.4, 0.5) is 0 Å². The van der Waals surface area contributed by atoms with Gasteiger partial charge in [-0.1, -0.05) is 0 Å². The highest BCUT2D eigenvalue weighted by Gasteiger charge is 2.13. The molecule has 0 aromatic carbocycles. The molecule has 0 saturated heterocycles. The second kappa shape index (κ2) is 5.54. The fraction of sp³-hybridized carbons (Fsp3) is 0.231. The number of carbonyl (C=O) groups excluding carboxylic acids is 1. The van der Waals surface area contributed by atoms with Crippen LogP contribution in [0.2, 0.25) is 0 Å². The molecular weight excluding hydrogens is 282 g/mol. The number of hydrogen-bond acceptors (Lipinski definition) is 4. The summed E-state index contributed by atoms with van der Waals surface area (Å²) in [7, 11) is 0. The fourth-order valence-corrected chi connectivity index (χ4v) is 3.32. The molecule has 0 aliphatic carbocycles. The second-order valence-corrected chi connectivity index (χ2v) is 6.53. The first-order chi connectivity index (χ1) is 8.97. The van der Waals surface area contributed by atoms with Gasteiger partial charge in [0.2, 0.25) is 0 Å². The predicted molar refractivity (Wildman–Crippen MR) is 76.2 cm³/mol. The molecule has 2 aromatic heterocycles. The van der Waals surface area contributed by atoms with Gasteiger partial charge in [0.05, 0.1) is 11.4 Å². The Morgan fingerprint density at radius 3 is 2.42 bits per heavy atom. The standard InChI is InChI=1S/C13H13NO3S2/c1-7-5-9(18-8(7)2)6-14-12(15)10-3-4-11(19-10)13(16)17/h3-5H,6H2,1-2H3,(H,14,15)(H,16,17). The van der Waals surface area contributed by atoms with E-state index >= 15 is 0 Å². The highest BCUT2D eigenvalue weighted by molar-refractivity contribution is 7.15. The third-order valence-electron chi connectivity index (χ3n) is 2.68. The van der Waals surface area contributed by atoms with Crippen LogP contribution in [-0.4, -0.2) is 17.0 Å². The van der Waals surface area contributed by atoms with Crippen LogP contribution in [0.1, 0.15) is 34.7 Å². The van der Waals surface area contributed by atoms with Gasteiger partial charge in [-0.2, -0.15) is 0 Å². The lowest BCUT2D eigenvalue weighted by Gasteiger charge is -2.00. The summed E-state index contributed by atoms with van der Waals surface area (Å²) in [5.74, 6) is -1.24. The van der Waals surface area contributed by atoms with Crippen molar-refractivity contribution >= 4 is 34.6 Å². The van der Waals surface area contributed by atoms with Crippen molar-refractivity contribution in [3.05, 3.63) is 43.3 Å². The Balaban J connectivity index is 1.99. The molecule has 0 saturated carbocycles. The van der Waals surface area contributed by atoms with E-state index in [1.54, 1.807) is 11.3 Å². The molecule has 0 fully saturated rings. The largest absolute Gasteiger partial charge is 0.477 e. The molecule has 4 nitrogen and oxygen atoms in total. The summed E-state index contributed by atoms with van der Waals surface area (Å²) >= 11 is 2.64. The van der Waals surface area contributed by atoms with Crippen LogP contribution in [0.3, 0.4) is 0 Å². The first-order valence-electron chi connectivity index (χ1n) is 5.64. The van der Waals surface area contributed by atoms with Gasteiger partial charge in [-0.3, -0.25) is 4.79 Å². The van der Waals surface area contributed by atoms with Gasteiger partial charge in [0.15, 0.2) is 0 Å². The minimum Gasteiger partial charge on any atom is -0.477 e. The lowest BCUT2D eigenvalue weighted by molar-refractivity contribution is 0.0702. The van der Waals surface area contributed by atoms with Crippen LogP contribution >= 0.6 is 22.7 Å². The maximum absolute atomic E-state index is 11.9. The number of rotatable bonds is 4. The van der Waals surface area contributed by atoms with Crippen LogP contribution < -0.4 is 5.32 Å². The Morgan fingerprint density at radius 1 is 1.21 bits per heavy atom. The molecule has 0 aliphatic heterocycles. The van der Waals surface area contributed by atoms with Gasteiger partial charge in [0.25, 0.3) is 5.91 Å². The molecule has 2 heterocycles. The van der Waals surface area contributed by atoms with Crippen molar-refractivity contribution in [2.24, 2.45) is 0 Å². The lowest BCUT2D eigenvalue weighted by Crippen LogP contribution is -2.21. The number of carboxylic acid groups (broad SMARTS) is 1. The molecule has 0 bridgehead atoms. The van der Waals surface area contributed by atoms with E-state index in [0.29, 0.717) is 11.4 Å². The molecule has 2 rings (SSSR count). The van der Waals surface area contributed by atoms with E-state index in [1.807, 2.05) is 13.8 Å². The second-order valence-electron chi connectivity index (χ2n) is 4.10. The quantitative estimate of drug-likeness (QED) is 0.911. The normalized spacial score (nSPS) is 10.4. The molecule has 0 aliphatic rings. The van der Waals surface area contributed by atoms with Crippen LogP contribution in [0.25, 0.3) is 0 Å². The number of hydrogen-bond donors (Lipinski definition) is 2. The van der Waals surface area contributed by atoms with Crippen LogP contribution in [0.5, 0.6) is 0 Å². The molecule has 100 valence electrons. The smallest absolute Gasteiger partial charge is 0.345 e. The van der Waals surface area contributed by atoms with Crippen molar-refractivity contribution in [1.82, 2.24) is 5.32 Å². The van der Waals surface area contributed by atoms with Crippen molar-refractivity contribution < 1.29 is 14.7 Å². The van der Waals surface area contributed by atoms with Gasteiger partial charge < -0.3 is 10.4 Å². The first-order valence-corrected chi connectivity index (χ1v) is 7.28. The lowest BCUT2D eigenvalue weighted by atomic mass is 10.3. The summed E-state index contributed by atoms with van der Waals surface area (Å²) in [6, 6.07) is 5.03. The minimum atomic E-state index is -1.01. The van der Waals surface area contributed by atoms with E-state index < -0.39 is 5.97 Å². The highest BCUT2D eigenvalue weighted by atomic mass is 32.1. The summed E-state index contributed by atoms with van der Waals surface area (Å²) < 4.78 is 0. The topological polar surface area (TPSA) is 66.4 Å². The van der Waals surface area contributed by atoms with E-state index in [0.717, 1.165) is 16.2 Å². The van der Waals surface area contributed by atoms with Crippen molar-refractivity contribution in [2.45, 2.75) is 20.4 Å². The number of aryl methyl sites for hydroxylation is 2. The molecule has 0 spiro atoms. The highest BCUT2D eigenvalue weighted by Crippen LogP contribution is 2.21. The van der Waals surface area contributed by atoms with E-state index in [-0.39, 0.29) is 10.8 Å². The maximum atomic E-state index is 11.9. The van der Waals surface area contributed by atoms with E-state index in [1.165, 1.54) is 22.6 Å². The Morgan fingerprint density at radius 2 is 1.89 bits per heavy atom. The molecule has 2 aromatic rings. The van der Waals surface area contributed by atoms with Crippen LogP contribution in [-0.2, 0) is 6.54 Å². The maximum Gasteiger partial charge on any atom is 0.345 e. The van der Waals surface area contributed by atoms with Crippen molar-refractivity contribution in [2.75, 3.05) is 0 Å². The number of amides is 1. The number of carboxylic acids is 1. The molecule has 0 unspecified atom stereocenters. The number of aromatic carboxylic acids is 1.